The molecule has 1 rings (SSSR count). The van der Waals surface area contributed by atoms with Crippen molar-refractivity contribution >= 4 is 29.0 Å². The van der Waals surface area contributed by atoms with Gasteiger partial charge in [0.05, 0.1) is 18.5 Å². The molecular weight excluding hydrogens is 236 g/mol. The van der Waals surface area contributed by atoms with Crippen molar-refractivity contribution in [2.24, 2.45) is 5.92 Å². The van der Waals surface area contributed by atoms with Crippen LogP contribution in [0.2, 0.25) is 0 Å². The predicted molar refractivity (Wildman–Crippen MR) is 73.6 cm³/mol. The summed E-state index contributed by atoms with van der Waals surface area (Å²) in [5, 5.41) is 2.81. The standard InChI is InChI=1S/C12H18N2O2S/c1-8(7-17-3)12(15)14-11-6-9(16-2)4-5-10(11)13/h4-6,8H,7,13H2,1-3H3,(H,14,15). The van der Waals surface area contributed by atoms with Gasteiger partial charge in [-0.05, 0) is 18.4 Å². The number of nitrogens with one attached hydrogen (secondary N) is 1. The van der Waals surface area contributed by atoms with Crippen LogP contribution in [0.15, 0.2) is 18.2 Å². The van der Waals surface area contributed by atoms with Crippen molar-refractivity contribution < 1.29 is 9.53 Å². The molecule has 0 heterocycles. The quantitative estimate of drug-likeness (QED) is 0.791. The van der Waals surface area contributed by atoms with Crippen LogP contribution in [-0.2, 0) is 4.79 Å². The van der Waals surface area contributed by atoms with Gasteiger partial charge in [-0.1, -0.05) is 6.92 Å². The molecule has 0 aliphatic rings. The molecule has 5 heteroatoms. The largest absolute Gasteiger partial charge is 0.497 e. The van der Waals surface area contributed by atoms with E-state index >= 15 is 0 Å². The summed E-state index contributed by atoms with van der Waals surface area (Å²) in [6, 6.07) is 5.20. The van der Waals surface area contributed by atoms with Crippen molar-refractivity contribution in [2.75, 3.05) is 30.2 Å². The van der Waals surface area contributed by atoms with Crippen molar-refractivity contribution in [3.05, 3.63) is 18.2 Å². The van der Waals surface area contributed by atoms with Gasteiger partial charge in [-0.3, -0.25) is 4.79 Å². The van der Waals surface area contributed by atoms with E-state index in [1.165, 1.54) is 0 Å². The second-order valence-electron chi connectivity index (χ2n) is 3.80. The molecule has 1 atom stereocenters. The highest BCUT2D eigenvalue weighted by Crippen LogP contribution is 2.25. The Bertz CT molecular complexity index is 396. The summed E-state index contributed by atoms with van der Waals surface area (Å²) in [6.07, 6.45) is 1.98. The van der Waals surface area contributed by atoms with Gasteiger partial charge in [0.1, 0.15) is 5.75 Å². The van der Waals surface area contributed by atoms with Gasteiger partial charge in [-0.15, -0.1) is 0 Å². The molecule has 0 bridgehead atoms. The number of ether oxygens (including phenoxy) is 1. The van der Waals surface area contributed by atoms with Crippen molar-refractivity contribution in [3.8, 4) is 5.75 Å². The van der Waals surface area contributed by atoms with E-state index in [0.717, 1.165) is 5.75 Å². The molecule has 1 aromatic rings. The third-order valence-electron chi connectivity index (χ3n) is 2.38. The fourth-order valence-corrected chi connectivity index (χ4v) is 2.00. The molecule has 0 aromatic heterocycles. The first-order valence-electron chi connectivity index (χ1n) is 5.31. The van der Waals surface area contributed by atoms with E-state index in [1.807, 2.05) is 13.2 Å². The maximum absolute atomic E-state index is 11.8. The Labute approximate surface area is 106 Å². The van der Waals surface area contributed by atoms with Crippen LogP contribution in [0.5, 0.6) is 5.75 Å². The number of nitrogen functional groups attached to an aromatic ring is 1. The SMILES string of the molecule is COc1ccc(N)c(NC(=O)C(C)CSC)c1. The van der Waals surface area contributed by atoms with Gasteiger partial charge in [0.25, 0.3) is 0 Å². The van der Waals surface area contributed by atoms with Gasteiger partial charge in [-0.2, -0.15) is 11.8 Å². The number of thioether (sulfide) groups is 1. The highest BCUT2D eigenvalue weighted by molar-refractivity contribution is 7.98. The molecular formula is C12H18N2O2S. The van der Waals surface area contributed by atoms with Crippen molar-refractivity contribution in [3.63, 3.8) is 0 Å². The zero-order valence-corrected chi connectivity index (χ0v) is 11.1. The number of amides is 1. The first kappa shape index (κ1) is 13.7. The van der Waals surface area contributed by atoms with Crippen LogP contribution >= 0.6 is 11.8 Å². The van der Waals surface area contributed by atoms with Crippen LogP contribution in [0.25, 0.3) is 0 Å². The number of nitrogens with two attached hydrogens (primary N) is 1. The lowest BCUT2D eigenvalue weighted by atomic mass is 10.2. The molecule has 17 heavy (non-hydrogen) atoms. The number of hydrogen-bond donors (Lipinski definition) is 2. The highest BCUT2D eigenvalue weighted by atomic mass is 32.2. The van der Waals surface area contributed by atoms with E-state index in [0.29, 0.717) is 17.1 Å². The average molecular weight is 254 g/mol. The summed E-state index contributed by atoms with van der Waals surface area (Å²) in [6.45, 7) is 1.89. The van der Waals surface area contributed by atoms with Crippen molar-refractivity contribution in [1.82, 2.24) is 0 Å². The second-order valence-corrected chi connectivity index (χ2v) is 4.71. The first-order valence-corrected chi connectivity index (χ1v) is 6.71. The summed E-state index contributed by atoms with van der Waals surface area (Å²) in [4.78, 5) is 11.8. The van der Waals surface area contributed by atoms with E-state index in [9.17, 15) is 4.79 Å². The number of carbonyl (C=O) groups is 1. The smallest absolute Gasteiger partial charge is 0.228 e. The van der Waals surface area contributed by atoms with Crippen LogP contribution in [0.4, 0.5) is 11.4 Å². The number of hydrogen-bond acceptors (Lipinski definition) is 4. The Morgan fingerprint density at radius 2 is 2.29 bits per heavy atom. The Hall–Kier alpha value is -1.36. The normalized spacial score (nSPS) is 11.9. The number of rotatable bonds is 5. The fraction of sp³-hybridized carbons (Fsp3) is 0.417. The van der Waals surface area contributed by atoms with Gasteiger partial charge in [0, 0.05) is 17.7 Å². The second kappa shape index (κ2) is 6.39. The summed E-state index contributed by atoms with van der Waals surface area (Å²) < 4.78 is 5.09. The summed E-state index contributed by atoms with van der Waals surface area (Å²) >= 11 is 1.64. The van der Waals surface area contributed by atoms with Gasteiger partial charge >= 0.3 is 0 Å². The van der Waals surface area contributed by atoms with E-state index in [1.54, 1.807) is 37.1 Å². The van der Waals surface area contributed by atoms with Gasteiger partial charge < -0.3 is 15.8 Å². The van der Waals surface area contributed by atoms with Gasteiger partial charge in [0.2, 0.25) is 5.91 Å². The van der Waals surface area contributed by atoms with E-state index < -0.39 is 0 Å². The minimum Gasteiger partial charge on any atom is -0.497 e. The van der Waals surface area contributed by atoms with Crippen LogP contribution in [-0.4, -0.2) is 25.0 Å². The number of anilines is 2. The highest BCUT2D eigenvalue weighted by Gasteiger charge is 2.13. The Kier molecular flexibility index (Phi) is 5.15. The molecule has 0 saturated heterocycles. The monoisotopic (exact) mass is 254 g/mol. The predicted octanol–water partition coefficient (Wildman–Crippen LogP) is 2.21. The molecule has 0 spiro atoms. The molecule has 1 amide bonds. The number of benzene rings is 1. The van der Waals surface area contributed by atoms with Gasteiger partial charge in [0.15, 0.2) is 0 Å². The number of carbonyl (C=O) groups excluding carboxylic acids is 1. The molecule has 0 fully saturated rings. The first-order chi connectivity index (χ1) is 8.08. The maximum atomic E-state index is 11.8. The Morgan fingerprint density at radius 1 is 1.59 bits per heavy atom. The molecule has 0 aliphatic carbocycles. The zero-order chi connectivity index (χ0) is 12.8. The summed E-state index contributed by atoms with van der Waals surface area (Å²) in [5.74, 6) is 1.39. The topological polar surface area (TPSA) is 64.3 Å². The lowest BCUT2D eigenvalue weighted by Crippen LogP contribution is -2.22. The Balaban J connectivity index is 2.76. The maximum Gasteiger partial charge on any atom is 0.228 e. The van der Waals surface area contributed by atoms with Crippen LogP contribution in [0.3, 0.4) is 0 Å². The van der Waals surface area contributed by atoms with E-state index in [4.69, 9.17) is 10.5 Å². The molecule has 1 unspecified atom stereocenters. The van der Waals surface area contributed by atoms with Crippen LogP contribution < -0.4 is 15.8 Å². The summed E-state index contributed by atoms with van der Waals surface area (Å²) in [7, 11) is 1.58. The number of methoxy groups -OCH3 is 1. The minimum absolute atomic E-state index is 0.0284. The molecule has 1 aromatic carbocycles. The lowest BCUT2D eigenvalue weighted by molar-refractivity contribution is -0.118. The zero-order valence-electron chi connectivity index (χ0n) is 10.3. The molecule has 0 radical (unpaired) electrons. The third kappa shape index (κ3) is 3.85. The molecule has 94 valence electrons. The molecule has 4 nitrogen and oxygen atoms in total. The van der Waals surface area contributed by atoms with Gasteiger partial charge in [-0.25, -0.2) is 0 Å². The fourth-order valence-electron chi connectivity index (χ4n) is 1.35. The molecule has 0 saturated carbocycles. The Morgan fingerprint density at radius 3 is 2.88 bits per heavy atom. The molecule has 0 aliphatic heterocycles. The van der Waals surface area contributed by atoms with E-state index in [2.05, 4.69) is 5.32 Å². The van der Waals surface area contributed by atoms with Crippen LogP contribution in [0, 0.1) is 5.92 Å². The third-order valence-corrected chi connectivity index (χ3v) is 3.22. The summed E-state index contributed by atoms with van der Waals surface area (Å²) in [5.41, 5.74) is 6.93. The average Bonchev–Trinajstić information content (AvgIpc) is 2.32. The van der Waals surface area contributed by atoms with Crippen molar-refractivity contribution in [1.29, 1.82) is 0 Å². The van der Waals surface area contributed by atoms with Crippen molar-refractivity contribution in [2.45, 2.75) is 6.92 Å². The molecule has 3 N–H and O–H groups in total. The lowest BCUT2D eigenvalue weighted by Gasteiger charge is -2.13. The van der Waals surface area contributed by atoms with E-state index in [-0.39, 0.29) is 11.8 Å². The minimum atomic E-state index is -0.0457. The van der Waals surface area contributed by atoms with Crippen LogP contribution in [0.1, 0.15) is 6.92 Å².